The smallest absolute Gasteiger partial charge is 0.227 e. The molecule has 2 saturated carbocycles. The highest BCUT2D eigenvalue weighted by Gasteiger charge is 2.52. The first-order valence-electron chi connectivity index (χ1n) is 7.53. The molecular weight excluding hydrogens is 240 g/mol. The standard InChI is InChI=1S/C15H28N2O2/c1-5-19-13-9-12(15(13,2)3)17(4)14(18)10-7-6-8-11(10)16/h10-13H,5-9,16H2,1-4H3/t10-,11-,12+,13-/m1/s1. The summed E-state index contributed by atoms with van der Waals surface area (Å²) in [5.74, 6) is 0.268. The normalized spacial score (nSPS) is 36.9. The summed E-state index contributed by atoms with van der Waals surface area (Å²) in [6.07, 6.45) is 4.24. The van der Waals surface area contributed by atoms with E-state index in [9.17, 15) is 4.79 Å². The van der Waals surface area contributed by atoms with Crippen molar-refractivity contribution in [2.24, 2.45) is 17.1 Å². The maximum absolute atomic E-state index is 12.5. The minimum atomic E-state index is 0.0342. The molecule has 4 heteroatoms. The molecule has 2 rings (SSSR count). The van der Waals surface area contributed by atoms with Gasteiger partial charge < -0.3 is 15.4 Å². The van der Waals surface area contributed by atoms with Gasteiger partial charge in [-0.2, -0.15) is 0 Å². The van der Waals surface area contributed by atoms with Crippen LogP contribution in [0.3, 0.4) is 0 Å². The molecule has 2 N–H and O–H groups in total. The van der Waals surface area contributed by atoms with Crippen LogP contribution in [0.15, 0.2) is 0 Å². The first kappa shape index (κ1) is 14.8. The van der Waals surface area contributed by atoms with E-state index in [-0.39, 0.29) is 35.4 Å². The molecule has 0 unspecified atom stereocenters. The number of nitrogens with zero attached hydrogens (tertiary/aromatic N) is 1. The van der Waals surface area contributed by atoms with Gasteiger partial charge in [-0.3, -0.25) is 4.79 Å². The van der Waals surface area contributed by atoms with Crippen molar-refractivity contribution < 1.29 is 9.53 Å². The number of hydrogen-bond donors (Lipinski definition) is 1. The third-order valence-corrected chi connectivity index (χ3v) is 5.20. The summed E-state index contributed by atoms with van der Waals surface area (Å²) >= 11 is 0. The number of carbonyl (C=O) groups excluding carboxylic acids is 1. The predicted molar refractivity (Wildman–Crippen MR) is 75.7 cm³/mol. The van der Waals surface area contributed by atoms with Gasteiger partial charge in [-0.25, -0.2) is 0 Å². The molecule has 0 aromatic heterocycles. The Morgan fingerprint density at radius 2 is 2.11 bits per heavy atom. The number of hydrogen-bond acceptors (Lipinski definition) is 3. The monoisotopic (exact) mass is 268 g/mol. The Morgan fingerprint density at radius 3 is 2.58 bits per heavy atom. The van der Waals surface area contributed by atoms with E-state index < -0.39 is 0 Å². The molecule has 0 spiro atoms. The van der Waals surface area contributed by atoms with E-state index in [1.165, 1.54) is 0 Å². The Balaban J connectivity index is 1.97. The summed E-state index contributed by atoms with van der Waals surface area (Å²) in [5.41, 5.74) is 6.09. The number of rotatable bonds is 4. The molecule has 110 valence electrons. The molecule has 2 fully saturated rings. The van der Waals surface area contributed by atoms with Crippen LogP contribution < -0.4 is 5.73 Å². The zero-order chi connectivity index (χ0) is 14.2. The van der Waals surface area contributed by atoms with E-state index in [4.69, 9.17) is 10.5 Å². The van der Waals surface area contributed by atoms with Gasteiger partial charge in [0.2, 0.25) is 5.91 Å². The van der Waals surface area contributed by atoms with Crippen molar-refractivity contribution in [2.75, 3.05) is 13.7 Å². The average Bonchev–Trinajstić information content (AvgIpc) is 2.78. The maximum atomic E-state index is 12.5. The van der Waals surface area contributed by atoms with Crippen molar-refractivity contribution in [1.29, 1.82) is 0 Å². The SMILES string of the molecule is CCO[C@@H]1C[C@H](N(C)C(=O)[C@@H]2CCC[C@H]2N)C1(C)C. The van der Waals surface area contributed by atoms with Crippen LogP contribution in [0.1, 0.15) is 46.5 Å². The number of ether oxygens (including phenoxy) is 1. The van der Waals surface area contributed by atoms with Gasteiger partial charge in [-0.1, -0.05) is 20.3 Å². The fourth-order valence-electron chi connectivity index (χ4n) is 3.72. The fourth-order valence-corrected chi connectivity index (χ4v) is 3.72. The molecule has 19 heavy (non-hydrogen) atoms. The number of amides is 1. The average molecular weight is 268 g/mol. The minimum Gasteiger partial charge on any atom is -0.378 e. The largest absolute Gasteiger partial charge is 0.378 e. The highest BCUT2D eigenvalue weighted by molar-refractivity contribution is 5.80. The first-order valence-corrected chi connectivity index (χ1v) is 7.53. The van der Waals surface area contributed by atoms with Gasteiger partial charge in [-0.15, -0.1) is 0 Å². The Labute approximate surface area is 116 Å². The zero-order valence-electron chi connectivity index (χ0n) is 12.7. The fraction of sp³-hybridized carbons (Fsp3) is 0.933. The van der Waals surface area contributed by atoms with Crippen LogP contribution in [0.4, 0.5) is 0 Å². The van der Waals surface area contributed by atoms with Crippen LogP contribution in [-0.2, 0) is 9.53 Å². The van der Waals surface area contributed by atoms with Crippen molar-refractivity contribution in [3.8, 4) is 0 Å². The zero-order valence-corrected chi connectivity index (χ0v) is 12.7. The second-order valence-electron chi connectivity index (χ2n) is 6.67. The number of nitrogens with two attached hydrogens (primary N) is 1. The van der Waals surface area contributed by atoms with E-state index in [1.54, 1.807) is 0 Å². The van der Waals surface area contributed by atoms with Gasteiger partial charge in [0.1, 0.15) is 0 Å². The van der Waals surface area contributed by atoms with E-state index >= 15 is 0 Å². The summed E-state index contributed by atoms with van der Waals surface area (Å²) in [5, 5.41) is 0. The third-order valence-electron chi connectivity index (χ3n) is 5.20. The lowest BCUT2D eigenvalue weighted by molar-refractivity contribution is -0.166. The minimum absolute atomic E-state index is 0.0342. The van der Waals surface area contributed by atoms with Gasteiger partial charge in [-0.05, 0) is 26.2 Å². The lowest BCUT2D eigenvalue weighted by Crippen LogP contribution is -2.63. The quantitative estimate of drug-likeness (QED) is 0.845. The van der Waals surface area contributed by atoms with Gasteiger partial charge in [0.05, 0.1) is 12.0 Å². The second kappa shape index (κ2) is 5.41. The molecule has 0 saturated heterocycles. The van der Waals surface area contributed by atoms with Crippen molar-refractivity contribution in [1.82, 2.24) is 4.90 Å². The summed E-state index contributed by atoms with van der Waals surface area (Å²) in [4.78, 5) is 14.5. The molecule has 4 nitrogen and oxygen atoms in total. The Kier molecular flexibility index (Phi) is 4.21. The van der Waals surface area contributed by atoms with E-state index in [1.807, 2.05) is 18.9 Å². The molecule has 4 atom stereocenters. The van der Waals surface area contributed by atoms with Crippen LogP contribution in [0.5, 0.6) is 0 Å². The van der Waals surface area contributed by atoms with Crippen molar-refractivity contribution in [2.45, 2.75) is 64.6 Å². The summed E-state index contributed by atoms with van der Waals surface area (Å²) in [6, 6.07) is 0.338. The highest BCUT2D eigenvalue weighted by atomic mass is 16.5. The van der Waals surface area contributed by atoms with Gasteiger partial charge in [0, 0.05) is 31.2 Å². The van der Waals surface area contributed by atoms with Gasteiger partial charge in [0.25, 0.3) is 0 Å². The molecule has 0 aliphatic heterocycles. The van der Waals surface area contributed by atoms with E-state index in [0.717, 1.165) is 32.3 Å². The molecule has 1 amide bonds. The van der Waals surface area contributed by atoms with Crippen molar-refractivity contribution in [3.05, 3.63) is 0 Å². The van der Waals surface area contributed by atoms with Crippen LogP contribution in [0.2, 0.25) is 0 Å². The van der Waals surface area contributed by atoms with Gasteiger partial charge in [0.15, 0.2) is 0 Å². The molecule has 0 aromatic rings. The highest BCUT2D eigenvalue weighted by Crippen LogP contribution is 2.46. The molecule has 0 radical (unpaired) electrons. The van der Waals surface area contributed by atoms with Gasteiger partial charge >= 0.3 is 0 Å². The van der Waals surface area contributed by atoms with Crippen LogP contribution in [-0.4, -0.2) is 42.6 Å². The summed E-state index contributed by atoms with van der Waals surface area (Å²) < 4.78 is 5.74. The Bertz CT molecular complexity index is 343. The maximum Gasteiger partial charge on any atom is 0.227 e. The summed E-state index contributed by atoms with van der Waals surface area (Å²) in [7, 11) is 1.93. The molecule has 2 aliphatic carbocycles. The lowest BCUT2D eigenvalue weighted by atomic mass is 9.63. The lowest BCUT2D eigenvalue weighted by Gasteiger charge is -2.55. The van der Waals surface area contributed by atoms with Crippen LogP contribution in [0, 0.1) is 11.3 Å². The summed E-state index contributed by atoms with van der Waals surface area (Å²) in [6.45, 7) is 7.15. The van der Waals surface area contributed by atoms with Crippen molar-refractivity contribution >= 4 is 5.91 Å². The topological polar surface area (TPSA) is 55.6 Å². The third kappa shape index (κ3) is 2.52. The van der Waals surface area contributed by atoms with Crippen LogP contribution in [0.25, 0.3) is 0 Å². The van der Waals surface area contributed by atoms with Crippen LogP contribution >= 0.6 is 0 Å². The first-order chi connectivity index (χ1) is 8.89. The number of carbonyl (C=O) groups is 1. The molecule has 0 heterocycles. The molecule has 0 bridgehead atoms. The van der Waals surface area contributed by atoms with Crippen molar-refractivity contribution in [3.63, 3.8) is 0 Å². The molecule has 2 aliphatic rings. The predicted octanol–water partition coefficient (Wildman–Crippen LogP) is 1.78. The Hall–Kier alpha value is -0.610. The Morgan fingerprint density at radius 1 is 1.42 bits per heavy atom. The molecule has 0 aromatic carbocycles. The second-order valence-corrected chi connectivity index (χ2v) is 6.67. The molecular formula is C15H28N2O2. The van der Waals surface area contributed by atoms with E-state index in [2.05, 4.69) is 13.8 Å². The van der Waals surface area contributed by atoms with E-state index in [0.29, 0.717) is 0 Å².